The molecule has 0 bridgehead atoms. The summed E-state index contributed by atoms with van der Waals surface area (Å²) < 4.78 is 16.7. The Kier molecular flexibility index (Phi) is 7.65. The fourth-order valence-corrected chi connectivity index (χ4v) is 6.21. The number of nitro groups is 1. The van der Waals surface area contributed by atoms with E-state index in [1.165, 1.54) is 6.07 Å². The van der Waals surface area contributed by atoms with Crippen LogP contribution in [0.5, 0.6) is 11.5 Å². The van der Waals surface area contributed by atoms with Crippen LogP contribution in [0.3, 0.4) is 0 Å². The third kappa shape index (κ3) is 5.08. The molecule has 9 nitrogen and oxygen atoms in total. The van der Waals surface area contributed by atoms with Crippen molar-refractivity contribution in [2.45, 2.75) is 70.3 Å². The van der Waals surface area contributed by atoms with Crippen LogP contribution in [0.15, 0.2) is 58.9 Å². The number of benzene rings is 2. The first-order valence-corrected chi connectivity index (χ1v) is 13.6. The first kappa shape index (κ1) is 27.4. The summed E-state index contributed by atoms with van der Waals surface area (Å²) in [5, 5.41) is 15.2. The molecule has 0 unspecified atom stereocenters. The normalized spacial score (nSPS) is 21.1. The van der Waals surface area contributed by atoms with Crippen LogP contribution in [0, 0.1) is 17.0 Å². The number of hydrogen-bond acceptors (Lipinski definition) is 8. The number of ketones is 1. The highest BCUT2D eigenvalue weighted by atomic mass is 16.6. The summed E-state index contributed by atoms with van der Waals surface area (Å²) in [4.78, 5) is 38.9. The lowest BCUT2D eigenvalue weighted by molar-refractivity contribution is -0.385. The minimum absolute atomic E-state index is 0.0502. The number of nitrogens with one attached hydrogen (secondary N) is 1. The van der Waals surface area contributed by atoms with Gasteiger partial charge in [-0.15, -0.1) is 0 Å². The first-order valence-electron chi connectivity index (χ1n) is 13.6. The second-order valence-corrected chi connectivity index (χ2v) is 10.7. The first-order chi connectivity index (χ1) is 19.2. The molecule has 1 fully saturated rings. The highest BCUT2D eigenvalue weighted by Gasteiger charge is 2.42. The van der Waals surface area contributed by atoms with Gasteiger partial charge in [0.25, 0.3) is 5.69 Å². The van der Waals surface area contributed by atoms with Gasteiger partial charge in [-0.05, 0) is 75.1 Å². The molecule has 2 aliphatic carbocycles. The van der Waals surface area contributed by atoms with Crippen molar-refractivity contribution < 1.29 is 28.7 Å². The molecular formula is C31H34N2O7. The zero-order chi connectivity index (χ0) is 28.6. The molecule has 9 heteroatoms. The van der Waals surface area contributed by atoms with Crippen molar-refractivity contribution in [1.29, 1.82) is 0 Å². The highest BCUT2D eigenvalue weighted by molar-refractivity contribution is 6.04. The van der Waals surface area contributed by atoms with Crippen LogP contribution in [0.4, 0.5) is 5.69 Å². The average molecular weight is 547 g/mol. The average Bonchev–Trinajstić information content (AvgIpc) is 3.44. The summed E-state index contributed by atoms with van der Waals surface area (Å²) in [6.07, 6.45) is 4.24. The van der Waals surface area contributed by atoms with E-state index in [1.54, 1.807) is 40.2 Å². The molecule has 0 spiro atoms. The number of ether oxygens (including phenoxy) is 3. The summed E-state index contributed by atoms with van der Waals surface area (Å²) in [5.41, 5.74) is 4.05. The molecule has 2 aromatic carbocycles. The largest absolute Gasteiger partial charge is 0.493 e. The van der Waals surface area contributed by atoms with Gasteiger partial charge in [0.2, 0.25) is 0 Å². The van der Waals surface area contributed by atoms with E-state index in [1.807, 2.05) is 18.2 Å². The van der Waals surface area contributed by atoms with Crippen molar-refractivity contribution in [3.8, 4) is 11.5 Å². The number of carbonyl (C=O) groups is 2. The Hall–Kier alpha value is -4.14. The van der Waals surface area contributed by atoms with Crippen molar-refractivity contribution >= 4 is 17.4 Å². The minimum Gasteiger partial charge on any atom is -0.493 e. The Labute approximate surface area is 233 Å². The molecule has 1 N–H and O–H groups in total. The fourth-order valence-electron chi connectivity index (χ4n) is 6.21. The molecule has 0 amide bonds. The van der Waals surface area contributed by atoms with Gasteiger partial charge in [-0.2, -0.15) is 0 Å². The molecule has 2 atom stereocenters. The van der Waals surface area contributed by atoms with E-state index >= 15 is 0 Å². The number of aryl methyl sites for hydroxylation is 1. The van der Waals surface area contributed by atoms with E-state index in [0.29, 0.717) is 45.9 Å². The Morgan fingerprint density at radius 2 is 1.68 bits per heavy atom. The molecule has 2 aromatic rings. The molecule has 210 valence electrons. The molecule has 3 aliphatic rings. The second-order valence-electron chi connectivity index (χ2n) is 10.7. The number of hydrogen-bond donors (Lipinski definition) is 1. The number of nitro benzene ring substituents is 1. The standard InChI is InChI=1S/C31H34N2O7/c1-17-9-10-20(14-24(17)33(36)37)29-28(31(35)40-22-7-5-6-8-22)18(2)32-23-13-21(15-25(34)30(23)29)19-11-12-26(38-3)27(16-19)39-4/h9-12,14,16,21-22,29,32H,5-8,13,15H2,1-4H3/t21-,29+/m0/s1. The van der Waals surface area contributed by atoms with Gasteiger partial charge in [0.1, 0.15) is 6.10 Å². The third-order valence-corrected chi connectivity index (χ3v) is 8.27. The number of Topliss-reactive ketones (excluding diaryl/α,β-unsaturated/α-hetero) is 1. The van der Waals surface area contributed by atoms with Crippen LogP contribution in [0.1, 0.15) is 74.0 Å². The van der Waals surface area contributed by atoms with E-state index in [4.69, 9.17) is 14.2 Å². The zero-order valence-corrected chi connectivity index (χ0v) is 23.2. The zero-order valence-electron chi connectivity index (χ0n) is 23.2. The topological polar surface area (TPSA) is 117 Å². The minimum atomic E-state index is -0.761. The van der Waals surface area contributed by atoms with Gasteiger partial charge in [0.05, 0.1) is 24.7 Å². The molecule has 0 radical (unpaired) electrons. The van der Waals surface area contributed by atoms with Crippen LogP contribution in [-0.4, -0.2) is 37.0 Å². The maximum absolute atomic E-state index is 13.9. The Bertz CT molecular complexity index is 1440. The molecule has 0 saturated heterocycles. The van der Waals surface area contributed by atoms with Crippen molar-refractivity contribution in [3.63, 3.8) is 0 Å². The maximum atomic E-state index is 13.9. The number of esters is 1. The molecule has 1 aliphatic heterocycles. The summed E-state index contributed by atoms with van der Waals surface area (Å²) in [6, 6.07) is 10.6. The van der Waals surface area contributed by atoms with Crippen molar-refractivity contribution in [2.75, 3.05) is 14.2 Å². The van der Waals surface area contributed by atoms with E-state index in [9.17, 15) is 19.7 Å². The van der Waals surface area contributed by atoms with Crippen LogP contribution in [-0.2, 0) is 14.3 Å². The lowest BCUT2D eigenvalue weighted by Crippen LogP contribution is -2.36. The van der Waals surface area contributed by atoms with Crippen molar-refractivity contribution in [3.05, 3.63) is 85.7 Å². The van der Waals surface area contributed by atoms with Gasteiger partial charge in [0, 0.05) is 40.9 Å². The van der Waals surface area contributed by atoms with Gasteiger partial charge < -0.3 is 19.5 Å². The van der Waals surface area contributed by atoms with E-state index < -0.39 is 16.8 Å². The maximum Gasteiger partial charge on any atom is 0.337 e. The summed E-state index contributed by atoms with van der Waals surface area (Å²) in [5.74, 6) is -0.280. The predicted octanol–water partition coefficient (Wildman–Crippen LogP) is 5.77. The summed E-state index contributed by atoms with van der Waals surface area (Å²) in [6.45, 7) is 3.47. The summed E-state index contributed by atoms with van der Waals surface area (Å²) >= 11 is 0. The Balaban J connectivity index is 1.57. The summed E-state index contributed by atoms with van der Waals surface area (Å²) in [7, 11) is 3.15. The van der Waals surface area contributed by atoms with Crippen LogP contribution < -0.4 is 14.8 Å². The second kappa shape index (κ2) is 11.2. The van der Waals surface area contributed by atoms with E-state index in [0.717, 1.165) is 36.9 Å². The number of dihydropyridines is 1. The third-order valence-electron chi connectivity index (χ3n) is 8.27. The number of rotatable bonds is 7. The Morgan fingerprint density at radius 1 is 0.975 bits per heavy atom. The van der Waals surface area contributed by atoms with E-state index in [-0.39, 0.29) is 29.9 Å². The lowest BCUT2D eigenvalue weighted by atomic mass is 9.71. The monoisotopic (exact) mass is 546 g/mol. The smallest absolute Gasteiger partial charge is 0.337 e. The fraction of sp³-hybridized carbons (Fsp3) is 0.419. The lowest BCUT2D eigenvalue weighted by Gasteiger charge is -2.37. The van der Waals surface area contributed by atoms with Gasteiger partial charge >= 0.3 is 5.97 Å². The van der Waals surface area contributed by atoms with Crippen molar-refractivity contribution in [1.82, 2.24) is 5.32 Å². The number of methoxy groups -OCH3 is 2. The van der Waals surface area contributed by atoms with Gasteiger partial charge in [-0.25, -0.2) is 4.79 Å². The number of carbonyl (C=O) groups excluding carboxylic acids is 2. The molecule has 40 heavy (non-hydrogen) atoms. The predicted molar refractivity (Wildman–Crippen MR) is 148 cm³/mol. The number of nitrogens with zero attached hydrogens (tertiary/aromatic N) is 1. The van der Waals surface area contributed by atoms with Gasteiger partial charge in [0.15, 0.2) is 17.3 Å². The molecule has 5 rings (SSSR count). The van der Waals surface area contributed by atoms with Crippen molar-refractivity contribution in [2.24, 2.45) is 0 Å². The van der Waals surface area contributed by atoms with Gasteiger partial charge in [-0.3, -0.25) is 14.9 Å². The molecule has 1 heterocycles. The molecule has 1 saturated carbocycles. The molecular weight excluding hydrogens is 512 g/mol. The quantitative estimate of drug-likeness (QED) is 0.264. The van der Waals surface area contributed by atoms with Gasteiger partial charge in [-0.1, -0.05) is 18.2 Å². The molecule has 0 aromatic heterocycles. The Morgan fingerprint density at radius 3 is 2.35 bits per heavy atom. The van der Waals surface area contributed by atoms with E-state index in [2.05, 4.69) is 5.32 Å². The van der Waals surface area contributed by atoms with Crippen LogP contribution >= 0.6 is 0 Å². The van der Waals surface area contributed by atoms with Crippen LogP contribution in [0.25, 0.3) is 0 Å². The number of allylic oxidation sites excluding steroid dienone is 3. The van der Waals surface area contributed by atoms with Crippen LogP contribution in [0.2, 0.25) is 0 Å². The highest BCUT2D eigenvalue weighted by Crippen LogP contribution is 2.47. The SMILES string of the molecule is COc1ccc([C@@H]2CC(=O)C3=C(C2)NC(C)=C(C(=O)OC2CCCC2)[C@H]3c2ccc(C)c([N+](=O)[O-])c2)cc1OC.